The summed E-state index contributed by atoms with van der Waals surface area (Å²) in [5.41, 5.74) is 0. The van der Waals surface area contributed by atoms with Crippen LogP contribution in [0.15, 0.2) is 0 Å². The van der Waals surface area contributed by atoms with E-state index >= 15 is 0 Å². The number of Topliss-reactive ketones (excluding diaryl/α,β-unsaturated/α-hetero) is 1. The second-order valence-corrected chi connectivity index (χ2v) is 2.76. The van der Waals surface area contributed by atoms with E-state index in [9.17, 15) is 9.59 Å². The van der Waals surface area contributed by atoms with E-state index in [1.54, 1.807) is 19.0 Å². The molecule has 0 rings (SSSR count). The predicted octanol–water partition coefficient (Wildman–Crippen LogP) is -0.162. The quantitative estimate of drug-likeness (QED) is 0.579. The van der Waals surface area contributed by atoms with Gasteiger partial charge in [-0.3, -0.25) is 9.59 Å². The van der Waals surface area contributed by atoms with Crippen LogP contribution in [-0.2, 0) is 9.59 Å². The Morgan fingerprint density at radius 3 is 2.00 bits per heavy atom. The van der Waals surface area contributed by atoms with E-state index in [2.05, 4.69) is 0 Å². The van der Waals surface area contributed by atoms with Gasteiger partial charge in [-0.2, -0.15) is 0 Å². The molecule has 0 saturated carbocycles. The van der Waals surface area contributed by atoms with Gasteiger partial charge in [-0.1, -0.05) is 0 Å². The van der Waals surface area contributed by atoms with Crippen molar-refractivity contribution in [2.45, 2.75) is 6.92 Å². The number of hydrogen-bond donors (Lipinski definition) is 1. The van der Waals surface area contributed by atoms with Crippen molar-refractivity contribution in [3.05, 3.63) is 0 Å². The fourth-order valence-electron chi connectivity index (χ4n) is 0.746. The van der Waals surface area contributed by atoms with Gasteiger partial charge < -0.3 is 10.0 Å². The number of hydrogen-bond acceptors (Lipinski definition) is 3. The summed E-state index contributed by atoms with van der Waals surface area (Å²) in [4.78, 5) is 22.8. The Morgan fingerprint density at radius 2 is 1.91 bits per heavy atom. The smallest absolute Gasteiger partial charge is 0.315 e. The van der Waals surface area contributed by atoms with Crippen LogP contribution in [0.5, 0.6) is 0 Å². The summed E-state index contributed by atoms with van der Waals surface area (Å²) in [6.07, 6.45) is 0. The summed E-state index contributed by atoms with van der Waals surface area (Å²) in [6.45, 7) is 1.56. The molecule has 11 heavy (non-hydrogen) atoms. The molecule has 0 fully saturated rings. The lowest BCUT2D eigenvalue weighted by atomic mass is 10.1. The molecule has 0 aromatic heterocycles. The lowest BCUT2D eigenvalue weighted by Gasteiger charge is -2.13. The number of aliphatic carboxylic acids is 1. The summed E-state index contributed by atoms with van der Waals surface area (Å²) in [5, 5.41) is 8.55. The molecule has 1 atom stereocenters. The number of nitrogens with zero attached hydrogens (tertiary/aromatic N) is 1. The maximum Gasteiger partial charge on any atom is 0.315 e. The Bertz CT molecular complexity index is 151. The third-order valence-corrected chi connectivity index (χ3v) is 1.34. The van der Waals surface area contributed by atoms with Gasteiger partial charge >= 0.3 is 5.97 Å². The van der Waals surface area contributed by atoms with Crippen molar-refractivity contribution >= 4 is 11.8 Å². The van der Waals surface area contributed by atoms with E-state index < -0.39 is 11.9 Å². The van der Waals surface area contributed by atoms with Crippen LogP contribution in [0.2, 0.25) is 0 Å². The van der Waals surface area contributed by atoms with Crippen LogP contribution in [0, 0.1) is 5.92 Å². The zero-order chi connectivity index (χ0) is 9.02. The molecule has 0 aromatic rings. The molecule has 4 heteroatoms. The Morgan fingerprint density at radius 1 is 1.45 bits per heavy atom. The minimum absolute atomic E-state index is 0.269. The monoisotopic (exact) mass is 159 g/mol. The Balaban J connectivity index is 4.12. The normalized spacial score (nSPS) is 13.1. The van der Waals surface area contributed by atoms with Gasteiger partial charge in [0.25, 0.3) is 0 Å². The van der Waals surface area contributed by atoms with Gasteiger partial charge in [-0.25, -0.2) is 0 Å². The maximum atomic E-state index is 10.7. The molecule has 0 aliphatic heterocycles. The average Bonchev–Trinajstić information content (AvgIpc) is 1.81. The minimum Gasteiger partial charge on any atom is -0.481 e. The van der Waals surface area contributed by atoms with Crippen LogP contribution in [0.1, 0.15) is 6.92 Å². The van der Waals surface area contributed by atoms with E-state index in [4.69, 9.17) is 5.11 Å². The lowest BCUT2D eigenvalue weighted by molar-refractivity contribution is -0.146. The summed E-state index contributed by atoms with van der Waals surface area (Å²) in [5.74, 6) is -2.23. The van der Waals surface area contributed by atoms with Crippen LogP contribution in [0.3, 0.4) is 0 Å². The number of carbonyl (C=O) groups is 2. The van der Waals surface area contributed by atoms with Crippen molar-refractivity contribution in [1.29, 1.82) is 0 Å². The van der Waals surface area contributed by atoms with Gasteiger partial charge in [-0.15, -0.1) is 0 Å². The molecule has 0 amide bonds. The van der Waals surface area contributed by atoms with Crippen molar-refractivity contribution in [3.63, 3.8) is 0 Å². The van der Waals surface area contributed by atoms with Crippen molar-refractivity contribution in [1.82, 2.24) is 4.90 Å². The maximum absolute atomic E-state index is 10.7. The zero-order valence-corrected chi connectivity index (χ0v) is 7.00. The Labute approximate surface area is 65.8 Å². The second-order valence-electron chi connectivity index (χ2n) is 2.76. The van der Waals surface area contributed by atoms with Gasteiger partial charge in [-0.05, 0) is 21.0 Å². The lowest BCUT2D eigenvalue weighted by Crippen LogP contribution is -2.32. The molecule has 64 valence electrons. The SMILES string of the molecule is CC(=O)C(CN(C)C)C(=O)O. The van der Waals surface area contributed by atoms with E-state index in [0.717, 1.165) is 0 Å². The van der Waals surface area contributed by atoms with Gasteiger partial charge in [0.2, 0.25) is 0 Å². The van der Waals surface area contributed by atoms with Crippen LogP contribution in [0.25, 0.3) is 0 Å². The highest BCUT2D eigenvalue weighted by Crippen LogP contribution is 1.99. The fourth-order valence-corrected chi connectivity index (χ4v) is 0.746. The molecule has 0 saturated heterocycles. The summed E-state index contributed by atoms with van der Waals surface area (Å²) in [7, 11) is 3.47. The third kappa shape index (κ3) is 3.72. The zero-order valence-electron chi connectivity index (χ0n) is 7.00. The molecular formula is C7H13NO3. The molecule has 1 unspecified atom stereocenters. The average molecular weight is 159 g/mol. The Hall–Kier alpha value is -0.900. The summed E-state index contributed by atoms with van der Waals surface area (Å²) in [6, 6.07) is 0. The summed E-state index contributed by atoms with van der Waals surface area (Å²) < 4.78 is 0. The van der Waals surface area contributed by atoms with Crippen LogP contribution in [0.4, 0.5) is 0 Å². The van der Waals surface area contributed by atoms with E-state index in [-0.39, 0.29) is 12.3 Å². The topological polar surface area (TPSA) is 57.6 Å². The fraction of sp³-hybridized carbons (Fsp3) is 0.714. The standard InChI is InChI=1S/C7H13NO3/c1-5(9)6(7(10)11)4-8(2)3/h6H,4H2,1-3H3,(H,10,11). The van der Waals surface area contributed by atoms with Crippen molar-refractivity contribution in [2.24, 2.45) is 5.92 Å². The third-order valence-electron chi connectivity index (χ3n) is 1.34. The van der Waals surface area contributed by atoms with Gasteiger partial charge in [0.05, 0.1) is 0 Å². The highest BCUT2D eigenvalue weighted by atomic mass is 16.4. The first-order valence-electron chi connectivity index (χ1n) is 3.33. The van der Waals surface area contributed by atoms with Crippen LogP contribution in [-0.4, -0.2) is 42.4 Å². The molecule has 0 aliphatic carbocycles. The van der Waals surface area contributed by atoms with Gasteiger partial charge in [0.1, 0.15) is 11.7 Å². The second kappa shape index (κ2) is 4.08. The number of carboxylic acids is 1. The van der Waals surface area contributed by atoms with E-state index in [1.807, 2.05) is 0 Å². The molecular weight excluding hydrogens is 146 g/mol. The largest absolute Gasteiger partial charge is 0.481 e. The molecule has 0 aromatic carbocycles. The van der Waals surface area contributed by atoms with Crippen molar-refractivity contribution < 1.29 is 14.7 Å². The number of carbonyl (C=O) groups excluding carboxylic acids is 1. The van der Waals surface area contributed by atoms with Gasteiger partial charge in [0.15, 0.2) is 0 Å². The number of rotatable bonds is 4. The van der Waals surface area contributed by atoms with Gasteiger partial charge in [0, 0.05) is 6.54 Å². The number of carboxylic acid groups (broad SMARTS) is 1. The Kier molecular flexibility index (Phi) is 3.74. The van der Waals surface area contributed by atoms with Crippen molar-refractivity contribution in [2.75, 3.05) is 20.6 Å². The first-order chi connectivity index (χ1) is 4.95. The van der Waals surface area contributed by atoms with E-state index in [0.29, 0.717) is 0 Å². The highest BCUT2D eigenvalue weighted by molar-refractivity contribution is 5.97. The highest BCUT2D eigenvalue weighted by Gasteiger charge is 2.22. The molecule has 0 radical (unpaired) electrons. The summed E-state index contributed by atoms with van der Waals surface area (Å²) >= 11 is 0. The van der Waals surface area contributed by atoms with Crippen molar-refractivity contribution in [3.8, 4) is 0 Å². The molecule has 0 aliphatic rings. The van der Waals surface area contributed by atoms with Crippen LogP contribution < -0.4 is 0 Å². The predicted molar refractivity (Wildman–Crippen MR) is 40.4 cm³/mol. The molecule has 0 spiro atoms. The first-order valence-corrected chi connectivity index (χ1v) is 3.33. The van der Waals surface area contributed by atoms with E-state index in [1.165, 1.54) is 6.92 Å². The van der Waals surface area contributed by atoms with Crippen LogP contribution >= 0.6 is 0 Å². The number of ketones is 1. The molecule has 1 N–H and O–H groups in total. The molecule has 0 bridgehead atoms. The first kappa shape index (κ1) is 10.1. The molecule has 0 heterocycles. The molecule has 4 nitrogen and oxygen atoms in total. The minimum atomic E-state index is -1.05.